The van der Waals surface area contributed by atoms with E-state index in [0.29, 0.717) is 6.54 Å². The van der Waals surface area contributed by atoms with E-state index in [1.54, 1.807) is 0 Å². The summed E-state index contributed by atoms with van der Waals surface area (Å²) in [6.07, 6.45) is -0.0728. The molecule has 0 fully saturated rings. The molecule has 1 N–H and O–H groups in total. The van der Waals surface area contributed by atoms with E-state index >= 15 is 0 Å². The van der Waals surface area contributed by atoms with Crippen molar-refractivity contribution in [2.45, 2.75) is 13.3 Å². The monoisotopic (exact) mass is 213 g/mol. The summed E-state index contributed by atoms with van der Waals surface area (Å²) in [5.74, 6) is -1.99. The summed E-state index contributed by atoms with van der Waals surface area (Å²) in [6, 6.07) is 3.85. The number of likely N-dealkylation sites (N-methyl/N-ethyl adjacent to an activating group) is 1. The molecule has 0 aromatic heterocycles. The lowest BCUT2D eigenvalue weighted by Crippen LogP contribution is -2.24. The molecule has 0 aliphatic rings. The van der Waals surface area contributed by atoms with Gasteiger partial charge in [0, 0.05) is 6.42 Å². The molecule has 1 aromatic carbocycles. The fraction of sp³-hybridized carbons (Fsp3) is 0.364. The van der Waals surface area contributed by atoms with E-state index in [0.717, 1.165) is 6.07 Å². The Labute approximate surface area is 87.3 Å². The van der Waals surface area contributed by atoms with Crippen molar-refractivity contribution in [1.82, 2.24) is 5.32 Å². The first-order valence-corrected chi connectivity index (χ1v) is 4.80. The first kappa shape index (κ1) is 11.8. The summed E-state index contributed by atoms with van der Waals surface area (Å²) in [5, 5.41) is 2.84. The molecule has 82 valence electrons. The minimum Gasteiger partial charge on any atom is -0.310 e. The van der Waals surface area contributed by atoms with E-state index in [-0.39, 0.29) is 24.3 Å². The number of rotatable bonds is 5. The molecule has 0 unspecified atom stereocenters. The number of ketones is 1. The molecule has 0 saturated carbocycles. The predicted octanol–water partition coefficient (Wildman–Crippen LogP) is 1.69. The highest BCUT2D eigenvalue weighted by atomic mass is 19.2. The van der Waals surface area contributed by atoms with E-state index in [4.69, 9.17) is 0 Å². The molecule has 1 aromatic rings. The van der Waals surface area contributed by atoms with Gasteiger partial charge < -0.3 is 5.32 Å². The van der Waals surface area contributed by atoms with Gasteiger partial charge in [0.2, 0.25) is 0 Å². The van der Waals surface area contributed by atoms with Crippen LogP contribution in [0, 0.1) is 11.6 Å². The van der Waals surface area contributed by atoms with Crippen LogP contribution in [0.25, 0.3) is 0 Å². The molecule has 4 heteroatoms. The number of Topliss-reactive ketones (excluding diaryl/α,β-unsaturated/α-hetero) is 1. The third-order valence-electron chi connectivity index (χ3n) is 1.99. The maximum atomic E-state index is 13.1. The second-order valence-electron chi connectivity index (χ2n) is 3.21. The molecule has 15 heavy (non-hydrogen) atoms. The number of carbonyl (C=O) groups excluding carboxylic acids is 1. The maximum absolute atomic E-state index is 13.1. The van der Waals surface area contributed by atoms with Crippen molar-refractivity contribution in [3.05, 3.63) is 35.4 Å². The highest BCUT2D eigenvalue weighted by Gasteiger charge is 2.10. The Hall–Kier alpha value is -1.29. The second kappa shape index (κ2) is 5.56. The molecule has 0 atom stereocenters. The minimum atomic E-state index is -0.928. The Morgan fingerprint density at radius 1 is 1.40 bits per heavy atom. The predicted molar refractivity (Wildman–Crippen MR) is 53.6 cm³/mol. The summed E-state index contributed by atoms with van der Waals surface area (Å²) in [7, 11) is 0. The smallest absolute Gasteiger partial charge is 0.162 e. The lowest BCUT2D eigenvalue weighted by atomic mass is 10.1. The summed E-state index contributed by atoms with van der Waals surface area (Å²) in [4.78, 5) is 11.3. The van der Waals surface area contributed by atoms with Crippen LogP contribution < -0.4 is 5.32 Å². The van der Waals surface area contributed by atoms with Gasteiger partial charge in [-0.15, -0.1) is 0 Å². The van der Waals surface area contributed by atoms with Crippen molar-refractivity contribution >= 4 is 5.78 Å². The van der Waals surface area contributed by atoms with Crippen LogP contribution in [0.3, 0.4) is 0 Å². The Kier molecular flexibility index (Phi) is 4.37. The SMILES string of the molecule is CCNCC(=O)Cc1cccc(F)c1F. The van der Waals surface area contributed by atoms with Crippen molar-refractivity contribution in [2.24, 2.45) is 0 Å². The lowest BCUT2D eigenvalue weighted by Gasteiger charge is -2.03. The van der Waals surface area contributed by atoms with Crippen LogP contribution in [0.5, 0.6) is 0 Å². The molecule has 0 saturated heterocycles. The van der Waals surface area contributed by atoms with Gasteiger partial charge in [0.15, 0.2) is 17.4 Å². The number of benzene rings is 1. The molecule has 2 nitrogen and oxygen atoms in total. The molecule has 0 radical (unpaired) electrons. The van der Waals surface area contributed by atoms with Crippen molar-refractivity contribution in [3.8, 4) is 0 Å². The molecule has 1 rings (SSSR count). The van der Waals surface area contributed by atoms with Crippen molar-refractivity contribution in [2.75, 3.05) is 13.1 Å². The topological polar surface area (TPSA) is 29.1 Å². The summed E-state index contributed by atoms with van der Waals surface area (Å²) in [5.41, 5.74) is 0.109. The summed E-state index contributed by atoms with van der Waals surface area (Å²) >= 11 is 0. The molecular weight excluding hydrogens is 200 g/mol. The molecule has 0 amide bonds. The second-order valence-corrected chi connectivity index (χ2v) is 3.21. The third-order valence-corrected chi connectivity index (χ3v) is 1.99. The zero-order valence-electron chi connectivity index (χ0n) is 8.52. The van der Waals surface area contributed by atoms with E-state index in [2.05, 4.69) is 5.32 Å². The lowest BCUT2D eigenvalue weighted by molar-refractivity contribution is -0.117. The van der Waals surface area contributed by atoms with Gasteiger partial charge in [0.25, 0.3) is 0 Å². The Morgan fingerprint density at radius 2 is 2.13 bits per heavy atom. The van der Waals surface area contributed by atoms with E-state index in [9.17, 15) is 13.6 Å². The van der Waals surface area contributed by atoms with E-state index in [1.165, 1.54) is 12.1 Å². The van der Waals surface area contributed by atoms with Gasteiger partial charge in [-0.05, 0) is 18.2 Å². The largest absolute Gasteiger partial charge is 0.310 e. The van der Waals surface area contributed by atoms with Gasteiger partial charge in [-0.3, -0.25) is 4.79 Å². The Morgan fingerprint density at radius 3 is 2.80 bits per heavy atom. The minimum absolute atomic E-state index is 0.0728. The van der Waals surface area contributed by atoms with Crippen molar-refractivity contribution in [1.29, 1.82) is 0 Å². The molecule has 0 aliphatic heterocycles. The summed E-state index contributed by atoms with van der Waals surface area (Å²) in [6.45, 7) is 2.74. The maximum Gasteiger partial charge on any atom is 0.162 e. The average Bonchev–Trinajstić information content (AvgIpc) is 2.22. The molecule has 0 spiro atoms. The van der Waals surface area contributed by atoms with Crippen LogP contribution in [0.4, 0.5) is 8.78 Å². The van der Waals surface area contributed by atoms with Crippen molar-refractivity contribution in [3.63, 3.8) is 0 Å². The quantitative estimate of drug-likeness (QED) is 0.806. The van der Waals surface area contributed by atoms with Crippen LogP contribution >= 0.6 is 0 Å². The van der Waals surface area contributed by atoms with Gasteiger partial charge >= 0.3 is 0 Å². The fourth-order valence-electron chi connectivity index (χ4n) is 1.22. The van der Waals surface area contributed by atoms with Crippen LogP contribution in [0.1, 0.15) is 12.5 Å². The number of nitrogens with one attached hydrogen (secondary N) is 1. The highest BCUT2D eigenvalue weighted by molar-refractivity contribution is 5.82. The number of hydrogen-bond acceptors (Lipinski definition) is 2. The van der Waals surface area contributed by atoms with Crippen molar-refractivity contribution < 1.29 is 13.6 Å². The molecule has 0 heterocycles. The van der Waals surface area contributed by atoms with Crippen LogP contribution in [-0.2, 0) is 11.2 Å². The summed E-state index contributed by atoms with van der Waals surface area (Å²) < 4.78 is 25.9. The zero-order chi connectivity index (χ0) is 11.3. The zero-order valence-corrected chi connectivity index (χ0v) is 8.52. The van der Waals surface area contributed by atoms with Crippen LogP contribution in [0.2, 0.25) is 0 Å². The highest BCUT2D eigenvalue weighted by Crippen LogP contribution is 2.11. The Balaban J connectivity index is 2.64. The average molecular weight is 213 g/mol. The van der Waals surface area contributed by atoms with Gasteiger partial charge in [0.1, 0.15) is 0 Å². The van der Waals surface area contributed by atoms with Gasteiger partial charge in [-0.25, -0.2) is 8.78 Å². The van der Waals surface area contributed by atoms with E-state index in [1.807, 2.05) is 6.92 Å². The fourth-order valence-corrected chi connectivity index (χ4v) is 1.22. The molecule has 0 aliphatic carbocycles. The number of halogens is 2. The number of hydrogen-bond donors (Lipinski definition) is 1. The van der Waals surface area contributed by atoms with Gasteiger partial charge in [-0.2, -0.15) is 0 Å². The Bertz CT molecular complexity index is 352. The normalized spacial score (nSPS) is 10.3. The first-order valence-electron chi connectivity index (χ1n) is 4.80. The van der Waals surface area contributed by atoms with E-state index < -0.39 is 11.6 Å². The standard InChI is InChI=1S/C11H13F2NO/c1-2-14-7-9(15)6-8-4-3-5-10(12)11(8)13/h3-5,14H,2,6-7H2,1H3. The third kappa shape index (κ3) is 3.40. The number of carbonyl (C=O) groups is 1. The van der Waals surface area contributed by atoms with Crippen LogP contribution in [-0.4, -0.2) is 18.9 Å². The van der Waals surface area contributed by atoms with Crippen LogP contribution in [0.15, 0.2) is 18.2 Å². The molecule has 0 bridgehead atoms. The van der Waals surface area contributed by atoms with Gasteiger partial charge in [0.05, 0.1) is 6.54 Å². The molecular formula is C11H13F2NO. The van der Waals surface area contributed by atoms with Gasteiger partial charge in [-0.1, -0.05) is 19.1 Å². The first-order chi connectivity index (χ1) is 7.15.